The molecule has 5 nitrogen and oxygen atoms in total. The van der Waals surface area contributed by atoms with Crippen LogP contribution in [0.15, 0.2) is 29.4 Å². The summed E-state index contributed by atoms with van der Waals surface area (Å²) < 4.78 is 5.22. The summed E-state index contributed by atoms with van der Waals surface area (Å²) in [7, 11) is 1.70. The van der Waals surface area contributed by atoms with Crippen molar-refractivity contribution in [3.63, 3.8) is 0 Å². The van der Waals surface area contributed by atoms with Gasteiger partial charge in [0.05, 0.1) is 6.61 Å². The standard InChI is InChI=1S/C15H23N3O2/c1-11(12-7-8-12)18(9-10-20-2)14-6-4-3-5-13(14)15(16)17-19/h3-6,11-12,19H,7-10H2,1-2H3,(H2,16,17). The lowest BCUT2D eigenvalue weighted by Gasteiger charge is -2.32. The van der Waals surface area contributed by atoms with Crippen LogP contribution in [0.1, 0.15) is 25.3 Å². The van der Waals surface area contributed by atoms with E-state index in [1.165, 1.54) is 12.8 Å². The summed E-state index contributed by atoms with van der Waals surface area (Å²) >= 11 is 0. The zero-order valence-electron chi connectivity index (χ0n) is 12.1. The molecule has 3 N–H and O–H groups in total. The number of nitrogens with zero attached hydrogens (tertiary/aromatic N) is 2. The quantitative estimate of drug-likeness (QED) is 0.346. The second-order valence-corrected chi connectivity index (χ2v) is 5.27. The number of anilines is 1. The van der Waals surface area contributed by atoms with Crippen molar-refractivity contribution < 1.29 is 9.94 Å². The van der Waals surface area contributed by atoms with Gasteiger partial charge in [0.15, 0.2) is 5.84 Å². The summed E-state index contributed by atoms with van der Waals surface area (Å²) in [5.41, 5.74) is 7.56. The lowest BCUT2D eigenvalue weighted by atomic mass is 10.1. The van der Waals surface area contributed by atoms with Gasteiger partial charge >= 0.3 is 0 Å². The third-order valence-electron chi connectivity index (χ3n) is 3.93. The van der Waals surface area contributed by atoms with E-state index in [9.17, 15) is 0 Å². The Labute approximate surface area is 120 Å². The lowest BCUT2D eigenvalue weighted by molar-refractivity contribution is 0.202. The number of para-hydroxylation sites is 1. The first-order chi connectivity index (χ1) is 9.69. The fraction of sp³-hybridized carbons (Fsp3) is 0.533. The first-order valence-corrected chi connectivity index (χ1v) is 7.01. The van der Waals surface area contributed by atoms with E-state index in [1.54, 1.807) is 7.11 Å². The van der Waals surface area contributed by atoms with Gasteiger partial charge in [-0.3, -0.25) is 0 Å². The van der Waals surface area contributed by atoms with Crippen molar-refractivity contribution in [3.8, 4) is 0 Å². The minimum Gasteiger partial charge on any atom is -0.409 e. The normalized spacial score (nSPS) is 17.0. The minimum atomic E-state index is 0.144. The number of amidine groups is 1. The molecule has 1 atom stereocenters. The molecule has 1 aliphatic carbocycles. The third kappa shape index (κ3) is 3.22. The maximum absolute atomic E-state index is 8.95. The molecule has 0 aromatic heterocycles. The van der Waals surface area contributed by atoms with Crippen LogP contribution in [0.5, 0.6) is 0 Å². The highest BCUT2D eigenvalue weighted by atomic mass is 16.5. The Morgan fingerprint density at radius 2 is 2.20 bits per heavy atom. The van der Waals surface area contributed by atoms with Crippen molar-refractivity contribution in [2.75, 3.05) is 25.2 Å². The molecule has 0 heterocycles. The minimum absolute atomic E-state index is 0.144. The highest BCUT2D eigenvalue weighted by molar-refractivity contribution is 6.02. The predicted octanol–water partition coefficient (Wildman–Crippen LogP) is 2.03. The smallest absolute Gasteiger partial charge is 0.172 e. The molecule has 0 aliphatic heterocycles. The van der Waals surface area contributed by atoms with Gasteiger partial charge < -0.3 is 20.6 Å². The second kappa shape index (κ2) is 6.61. The molecule has 20 heavy (non-hydrogen) atoms. The number of benzene rings is 1. The van der Waals surface area contributed by atoms with Gasteiger partial charge in [-0.25, -0.2) is 0 Å². The molecular formula is C15H23N3O2. The first kappa shape index (κ1) is 14.7. The predicted molar refractivity (Wildman–Crippen MR) is 80.4 cm³/mol. The fourth-order valence-electron chi connectivity index (χ4n) is 2.56. The van der Waals surface area contributed by atoms with Crippen molar-refractivity contribution >= 4 is 11.5 Å². The van der Waals surface area contributed by atoms with Gasteiger partial charge in [0, 0.05) is 30.9 Å². The summed E-state index contributed by atoms with van der Waals surface area (Å²) in [6.07, 6.45) is 2.55. The van der Waals surface area contributed by atoms with E-state index < -0.39 is 0 Å². The van der Waals surface area contributed by atoms with Crippen LogP contribution >= 0.6 is 0 Å². The number of rotatable bonds is 7. The van der Waals surface area contributed by atoms with E-state index in [4.69, 9.17) is 15.7 Å². The van der Waals surface area contributed by atoms with Crippen molar-refractivity contribution in [2.24, 2.45) is 16.8 Å². The molecule has 1 saturated carbocycles. The van der Waals surface area contributed by atoms with Crippen molar-refractivity contribution in [1.82, 2.24) is 0 Å². The Morgan fingerprint density at radius 1 is 1.50 bits per heavy atom. The molecule has 2 rings (SSSR count). The average Bonchev–Trinajstić information content (AvgIpc) is 3.31. The van der Waals surface area contributed by atoms with Crippen LogP contribution in [-0.4, -0.2) is 37.3 Å². The largest absolute Gasteiger partial charge is 0.409 e. The summed E-state index contributed by atoms with van der Waals surface area (Å²) in [5, 5.41) is 12.1. The van der Waals surface area contributed by atoms with Crippen LogP contribution in [0.4, 0.5) is 5.69 Å². The topological polar surface area (TPSA) is 71.1 Å². The highest BCUT2D eigenvalue weighted by Crippen LogP contribution is 2.37. The van der Waals surface area contributed by atoms with Crippen LogP contribution in [0.2, 0.25) is 0 Å². The molecule has 0 amide bonds. The second-order valence-electron chi connectivity index (χ2n) is 5.27. The fourth-order valence-corrected chi connectivity index (χ4v) is 2.56. The van der Waals surface area contributed by atoms with E-state index in [2.05, 4.69) is 17.0 Å². The highest BCUT2D eigenvalue weighted by Gasteiger charge is 2.32. The monoisotopic (exact) mass is 277 g/mol. The van der Waals surface area contributed by atoms with E-state index in [1.807, 2.05) is 24.3 Å². The molecular weight excluding hydrogens is 254 g/mol. The Bertz CT molecular complexity index is 472. The Kier molecular flexibility index (Phi) is 4.84. The zero-order chi connectivity index (χ0) is 14.5. The molecule has 0 radical (unpaired) electrons. The molecule has 1 aromatic rings. The maximum atomic E-state index is 8.95. The van der Waals surface area contributed by atoms with Gasteiger partial charge in [-0.15, -0.1) is 0 Å². The van der Waals surface area contributed by atoms with E-state index in [0.29, 0.717) is 12.6 Å². The number of nitrogens with two attached hydrogens (primary N) is 1. The number of hydrogen-bond donors (Lipinski definition) is 2. The number of methoxy groups -OCH3 is 1. The van der Waals surface area contributed by atoms with Gasteiger partial charge in [-0.05, 0) is 37.8 Å². The third-order valence-corrected chi connectivity index (χ3v) is 3.93. The number of oxime groups is 1. The molecule has 1 unspecified atom stereocenters. The van der Waals surface area contributed by atoms with Gasteiger partial charge in [0.1, 0.15) is 0 Å². The SMILES string of the molecule is COCCN(c1ccccc1C(N)=NO)C(C)C1CC1. The summed E-state index contributed by atoms with van der Waals surface area (Å²) in [6.45, 7) is 3.68. The molecule has 0 saturated heterocycles. The average molecular weight is 277 g/mol. The zero-order valence-corrected chi connectivity index (χ0v) is 12.1. The van der Waals surface area contributed by atoms with Gasteiger partial charge in [-0.1, -0.05) is 17.3 Å². The molecule has 1 aliphatic rings. The molecule has 5 heteroatoms. The van der Waals surface area contributed by atoms with Crippen molar-refractivity contribution in [3.05, 3.63) is 29.8 Å². The molecule has 110 valence electrons. The van der Waals surface area contributed by atoms with Crippen LogP contribution in [0.3, 0.4) is 0 Å². The first-order valence-electron chi connectivity index (χ1n) is 7.01. The van der Waals surface area contributed by atoms with Gasteiger partial charge in [-0.2, -0.15) is 0 Å². The van der Waals surface area contributed by atoms with Crippen LogP contribution < -0.4 is 10.6 Å². The number of hydrogen-bond acceptors (Lipinski definition) is 4. The van der Waals surface area contributed by atoms with Gasteiger partial charge in [0.25, 0.3) is 0 Å². The van der Waals surface area contributed by atoms with Crippen LogP contribution in [0, 0.1) is 5.92 Å². The van der Waals surface area contributed by atoms with Gasteiger partial charge in [0.2, 0.25) is 0 Å². The van der Waals surface area contributed by atoms with E-state index in [-0.39, 0.29) is 5.84 Å². The van der Waals surface area contributed by atoms with Crippen LogP contribution in [-0.2, 0) is 4.74 Å². The molecule has 0 bridgehead atoms. The summed E-state index contributed by atoms with van der Waals surface area (Å²) in [4.78, 5) is 2.30. The van der Waals surface area contributed by atoms with Crippen molar-refractivity contribution in [1.29, 1.82) is 0 Å². The molecule has 0 spiro atoms. The summed E-state index contributed by atoms with van der Waals surface area (Å²) in [6, 6.07) is 8.19. The Hall–Kier alpha value is -1.75. The Morgan fingerprint density at radius 3 is 2.80 bits per heavy atom. The Balaban J connectivity index is 2.31. The number of ether oxygens (including phenoxy) is 1. The molecule has 1 aromatic carbocycles. The van der Waals surface area contributed by atoms with E-state index in [0.717, 1.165) is 23.7 Å². The van der Waals surface area contributed by atoms with Crippen molar-refractivity contribution in [2.45, 2.75) is 25.8 Å². The lowest BCUT2D eigenvalue weighted by Crippen LogP contribution is -2.38. The summed E-state index contributed by atoms with van der Waals surface area (Å²) in [5.74, 6) is 0.873. The van der Waals surface area contributed by atoms with Crippen LogP contribution in [0.25, 0.3) is 0 Å². The van der Waals surface area contributed by atoms with E-state index >= 15 is 0 Å². The molecule has 1 fully saturated rings. The maximum Gasteiger partial charge on any atom is 0.172 e.